The van der Waals surface area contributed by atoms with Gasteiger partial charge in [-0.15, -0.1) is 0 Å². The molecule has 0 atom stereocenters. The van der Waals surface area contributed by atoms with Crippen LogP contribution < -0.4 is 14.2 Å². The average molecular weight is 482 g/mol. The number of ether oxygens (including phenoxy) is 3. The van der Waals surface area contributed by atoms with Crippen LogP contribution in [0.15, 0.2) is 72.8 Å². The lowest BCUT2D eigenvalue weighted by Crippen LogP contribution is -2.48. The Morgan fingerprint density at radius 2 is 1.69 bits per heavy atom. The third-order valence-electron chi connectivity index (χ3n) is 6.84. The van der Waals surface area contributed by atoms with Crippen LogP contribution >= 0.6 is 0 Å². The van der Waals surface area contributed by atoms with E-state index in [9.17, 15) is 4.79 Å². The van der Waals surface area contributed by atoms with Crippen molar-refractivity contribution in [3.8, 4) is 28.5 Å². The van der Waals surface area contributed by atoms with E-state index in [1.807, 2.05) is 71.6 Å². The van der Waals surface area contributed by atoms with Crippen LogP contribution in [0.4, 0.5) is 0 Å². The molecule has 0 radical (unpaired) electrons. The number of para-hydroxylation sites is 1. The highest BCUT2D eigenvalue weighted by atomic mass is 16.7. The maximum atomic E-state index is 13.7. The number of methoxy groups -OCH3 is 1. The molecule has 2 aliphatic rings. The molecule has 3 aromatic carbocycles. The molecule has 1 amide bonds. The Morgan fingerprint density at radius 3 is 2.50 bits per heavy atom. The van der Waals surface area contributed by atoms with Crippen LogP contribution in [0.5, 0.6) is 17.2 Å². The van der Waals surface area contributed by atoms with E-state index in [0.29, 0.717) is 18.7 Å². The number of rotatable bonds is 5. The second-order valence-electron chi connectivity index (χ2n) is 9.06. The Hall–Kier alpha value is -4.10. The molecule has 1 fully saturated rings. The standard InChI is InChI=1S/C29H27N3O4/c1-34-22-9-7-21(8-10-22)26-17-24(23-4-2-3-5-25(23)30-26)29(33)32-14-12-31(13-15-32)18-20-6-11-27-28(16-20)36-19-35-27/h2-11,16-17H,12-15,18-19H2,1H3. The Labute approximate surface area is 209 Å². The van der Waals surface area contributed by atoms with Gasteiger partial charge >= 0.3 is 0 Å². The quantitative estimate of drug-likeness (QED) is 0.415. The van der Waals surface area contributed by atoms with Crippen LogP contribution in [-0.2, 0) is 6.54 Å². The van der Waals surface area contributed by atoms with Crippen LogP contribution in [0.3, 0.4) is 0 Å². The number of hydrogen-bond acceptors (Lipinski definition) is 6. The third kappa shape index (κ3) is 4.33. The number of hydrogen-bond donors (Lipinski definition) is 0. The minimum atomic E-state index is 0.0473. The van der Waals surface area contributed by atoms with Crippen molar-refractivity contribution < 1.29 is 19.0 Å². The van der Waals surface area contributed by atoms with Crippen molar-refractivity contribution in [2.75, 3.05) is 40.1 Å². The molecule has 4 aromatic rings. The Kier molecular flexibility index (Phi) is 5.91. The molecule has 1 saturated heterocycles. The van der Waals surface area contributed by atoms with E-state index < -0.39 is 0 Å². The van der Waals surface area contributed by atoms with Crippen LogP contribution in [0, 0.1) is 0 Å². The lowest BCUT2D eigenvalue weighted by Gasteiger charge is -2.35. The normalized spacial score (nSPS) is 15.3. The van der Waals surface area contributed by atoms with Gasteiger partial charge in [-0.3, -0.25) is 9.69 Å². The van der Waals surface area contributed by atoms with Crippen molar-refractivity contribution in [2.24, 2.45) is 0 Å². The van der Waals surface area contributed by atoms with Crippen molar-refractivity contribution in [1.29, 1.82) is 0 Å². The summed E-state index contributed by atoms with van der Waals surface area (Å²) in [6.45, 7) is 4.08. The summed E-state index contributed by atoms with van der Waals surface area (Å²) in [4.78, 5) is 22.9. The van der Waals surface area contributed by atoms with Gasteiger partial charge in [0.05, 0.1) is 23.9 Å². The maximum Gasteiger partial charge on any atom is 0.254 e. The summed E-state index contributed by atoms with van der Waals surface area (Å²) >= 11 is 0. The van der Waals surface area contributed by atoms with Gasteiger partial charge in [0.15, 0.2) is 11.5 Å². The molecule has 0 unspecified atom stereocenters. The number of aromatic nitrogens is 1. The zero-order chi connectivity index (χ0) is 24.5. The number of pyridine rings is 1. The second-order valence-corrected chi connectivity index (χ2v) is 9.06. The fourth-order valence-corrected chi connectivity index (χ4v) is 4.84. The monoisotopic (exact) mass is 481 g/mol. The molecule has 2 aliphatic heterocycles. The highest BCUT2D eigenvalue weighted by Crippen LogP contribution is 2.33. The smallest absolute Gasteiger partial charge is 0.254 e. The van der Waals surface area contributed by atoms with Gasteiger partial charge in [0.25, 0.3) is 5.91 Å². The Morgan fingerprint density at radius 1 is 0.917 bits per heavy atom. The molecule has 0 saturated carbocycles. The minimum absolute atomic E-state index is 0.0473. The van der Waals surface area contributed by atoms with E-state index in [1.54, 1.807) is 7.11 Å². The van der Waals surface area contributed by atoms with Gasteiger partial charge in [0.1, 0.15) is 5.75 Å². The van der Waals surface area contributed by atoms with Gasteiger partial charge in [-0.05, 0) is 54.1 Å². The zero-order valence-electron chi connectivity index (χ0n) is 20.1. The summed E-state index contributed by atoms with van der Waals surface area (Å²) in [5, 5.41) is 0.877. The van der Waals surface area contributed by atoms with Crippen LogP contribution in [0.25, 0.3) is 22.2 Å². The number of benzene rings is 3. The summed E-state index contributed by atoms with van der Waals surface area (Å²) in [6, 6.07) is 23.6. The van der Waals surface area contributed by atoms with E-state index in [0.717, 1.165) is 59.0 Å². The first-order chi connectivity index (χ1) is 17.7. The predicted molar refractivity (Wildman–Crippen MR) is 137 cm³/mol. The molecule has 3 heterocycles. The SMILES string of the molecule is COc1ccc(-c2cc(C(=O)N3CCN(Cc4ccc5c(c4)OCO5)CC3)c3ccccc3n2)cc1. The molecule has 0 aliphatic carbocycles. The lowest BCUT2D eigenvalue weighted by atomic mass is 10.0. The number of fused-ring (bicyclic) bond motifs is 2. The number of carbonyl (C=O) groups excluding carboxylic acids is 1. The molecule has 7 heteroatoms. The number of piperazine rings is 1. The lowest BCUT2D eigenvalue weighted by molar-refractivity contribution is 0.0630. The molecule has 6 rings (SSSR count). The van der Waals surface area contributed by atoms with Crippen molar-refractivity contribution in [3.05, 3.63) is 83.9 Å². The van der Waals surface area contributed by atoms with Gasteiger partial charge in [-0.25, -0.2) is 4.98 Å². The largest absolute Gasteiger partial charge is 0.497 e. The topological polar surface area (TPSA) is 64.1 Å². The fourth-order valence-electron chi connectivity index (χ4n) is 4.84. The van der Waals surface area contributed by atoms with Gasteiger partial charge in [0.2, 0.25) is 6.79 Å². The molecule has 36 heavy (non-hydrogen) atoms. The summed E-state index contributed by atoms with van der Waals surface area (Å²) in [7, 11) is 1.65. The van der Waals surface area contributed by atoms with E-state index in [4.69, 9.17) is 19.2 Å². The predicted octanol–water partition coefficient (Wildman–Crippen LogP) is 4.60. The van der Waals surface area contributed by atoms with Crippen LogP contribution in [-0.4, -0.2) is 60.8 Å². The van der Waals surface area contributed by atoms with Crippen molar-refractivity contribution in [3.63, 3.8) is 0 Å². The average Bonchev–Trinajstić information content (AvgIpc) is 3.40. The molecule has 0 N–H and O–H groups in total. The van der Waals surface area contributed by atoms with Gasteiger partial charge in [0, 0.05) is 43.7 Å². The fraction of sp³-hybridized carbons (Fsp3) is 0.241. The van der Waals surface area contributed by atoms with E-state index in [1.165, 1.54) is 5.56 Å². The summed E-state index contributed by atoms with van der Waals surface area (Å²) in [5.74, 6) is 2.44. The number of nitrogens with zero attached hydrogens (tertiary/aromatic N) is 3. The van der Waals surface area contributed by atoms with E-state index >= 15 is 0 Å². The van der Waals surface area contributed by atoms with Crippen molar-refractivity contribution >= 4 is 16.8 Å². The minimum Gasteiger partial charge on any atom is -0.497 e. The summed E-state index contributed by atoms with van der Waals surface area (Å²) in [6.07, 6.45) is 0. The Bertz CT molecular complexity index is 1410. The van der Waals surface area contributed by atoms with Crippen LogP contribution in [0.1, 0.15) is 15.9 Å². The van der Waals surface area contributed by atoms with Crippen molar-refractivity contribution in [2.45, 2.75) is 6.54 Å². The first-order valence-electron chi connectivity index (χ1n) is 12.1. The number of amides is 1. The third-order valence-corrected chi connectivity index (χ3v) is 6.84. The molecule has 0 spiro atoms. The van der Waals surface area contributed by atoms with Gasteiger partial charge in [-0.2, -0.15) is 0 Å². The van der Waals surface area contributed by atoms with E-state index in [2.05, 4.69) is 11.0 Å². The van der Waals surface area contributed by atoms with Gasteiger partial charge < -0.3 is 19.1 Å². The number of carbonyl (C=O) groups is 1. The zero-order valence-corrected chi connectivity index (χ0v) is 20.1. The summed E-state index contributed by atoms with van der Waals surface area (Å²) in [5.41, 5.74) is 4.42. The molecule has 7 nitrogen and oxygen atoms in total. The van der Waals surface area contributed by atoms with Crippen LogP contribution in [0.2, 0.25) is 0 Å². The molecular formula is C29H27N3O4. The highest BCUT2D eigenvalue weighted by Gasteiger charge is 2.25. The first-order valence-corrected chi connectivity index (χ1v) is 12.1. The summed E-state index contributed by atoms with van der Waals surface area (Å²) < 4.78 is 16.2. The van der Waals surface area contributed by atoms with Gasteiger partial charge in [-0.1, -0.05) is 24.3 Å². The van der Waals surface area contributed by atoms with E-state index in [-0.39, 0.29) is 12.7 Å². The second kappa shape index (κ2) is 9.51. The molecular weight excluding hydrogens is 454 g/mol. The highest BCUT2D eigenvalue weighted by molar-refractivity contribution is 6.07. The molecule has 182 valence electrons. The molecule has 0 bridgehead atoms. The Balaban J connectivity index is 1.20. The maximum absolute atomic E-state index is 13.7. The first kappa shape index (κ1) is 22.4. The molecule has 1 aromatic heterocycles. The van der Waals surface area contributed by atoms with Crippen molar-refractivity contribution in [1.82, 2.24) is 14.8 Å².